The average molecular weight is 280 g/mol. The van der Waals surface area contributed by atoms with E-state index in [0.717, 1.165) is 5.56 Å². The Kier molecular flexibility index (Phi) is 3.42. The molecule has 0 bridgehead atoms. The maximum Gasteiger partial charge on any atom is 0.294 e. The van der Waals surface area contributed by atoms with Gasteiger partial charge in [0.25, 0.3) is 5.91 Å². The number of oxazole rings is 1. The molecule has 21 heavy (non-hydrogen) atoms. The fourth-order valence-electron chi connectivity index (χ4n) is 1.85. The summed E-state index contributed by atoms with van der Waals surface area (Å²) in [4.78, 5) is 24.3. The molecule has 0 aliphatic rings. The number of aromatic nitrogens is 3. The molecule has 0 spiro atoms. The van der Waals surface area contributed by atoms with Crippen LogP contribution < -0.4 is 5.32 Å². The number of hydrogen-bond acceptors (Lipinski definition) is 5. The van der Waals surface area contributed by atoms with Gasteiger partial charge in [0.05, 0.1) is 11.9 Å². The van der Waals surface area contributed by atoms with Gasteiger partial charge in [-0.25, -0.2) is 9.97 Å². The third kappa shape index (κ3) is 2.79. The zero-order chi connectivity index (χ0) is 14.7. The Morgan fingerprint density at radius 3 is 2.71 bits per heavy atom. The average Bonchev–Trinajstić information content (AvgIpc) is 2.91. The third-order valence-electron chi connectivity index (χ3n) is 2.83. The molecule has 0 saturated carbocycles. The minimum atomic E-state index is -0.400. The van der Waals surface area contributed by atoms with Crippen LogP contribution in [-0.4, -0.2) is 20.9 Å². The van der Waals surface area contributed by atoms with Gasteiger partial charge in [0.1, 0.15) is 0 Å². The molecule has 1 N–H and O–H groups in total. The summed E-state index contributed by atoms with van der Waals surface area (Å²) in [6, 6.07) is 9.41. The fourth-order valence-corrected chi connectivity index (χ4v) is 1.85. The molecule has 0 aliphatic carbocycles. The van der Waals surface area contributed by atoms with Crippen LogP contribution in [0.5, 0.6) is 0 Å². The smallest absolute Gasteiger partial charge is 0.294 e. The number of hydrogen-bond donors (Lipinski definition) is 1. The number of nitrogens with zero attached hydrogens (tertiary/aromatic N) is 3. The summed E-state index contributed by atoms with van der Waals surface area (Å²) in [5.41, 5.74) is 1.34. The fraction of sp³-hybridized carbons (Fsp3) is 0.0667. The second-order valence-corrected chi connectivity index (χ2v) is 4.34. The molecule has 1 amide bonds. The normalized spacial score (nSPS) is 10.3. The van der Waals surface area contributed by atoms with Crippen molar-refractivity contribution in [3.8, 4) is 11.5 Å². The maximum absolute atomic E-state index is 12.2. The molecule has 0 radical (unpaired) electrons. The van der Waals surface area contributed by atoms with Crippen LogP contribution in [0.15, 0.2) is 53.3 Å². The lowest BCUT2D eigenvalue weighted by Crippen LogP contribution is -2.13. The molecule has 1 aromatic carbocycles. The Morgan fingerprint density at radius 2 is 2.00 bits per heavy atom. The summed E-state index contributed by atoms with van der Waals surface area (Å²) in [6.45, 7) is 1.72. The predicted octanol–water partition coefficient (Wildman–Crippen LogP) is 2.69. The molecule has 6 nitrogen and oxygen atoms in total. The Balaban J connectivity index is 1.86. The van der Waals surface area contributed by atoms with Crippen molar-refractivity contribution in [2.75, 3.05) is 5.32 Å². The van der Waals surface area contributed by atoms with Crippen molar-refractivity contribution in [2.45, 2.75) is 6.92 Å². The highest BCUT2D eigenvalue weighted by atomic mass is 16.4. The van der Waals surface area contributed by atoms with Crippen molar-refractivity contribution < 1.29 is 9.21 Å². The number of carbonyl (C=O) groups excluding carboxylic acids is 1. The van der Waals surface area contributed by atoms with E-state index in [-0.39, 0.29) is 5.76 Å². The van der Waals surface area contributed by atoms with Crippen LogP contribution in [0, 0.1) is 6.92 Å². The van der Waals surface area contributed by atoms with E-state index in [1.165, 1.54) is 18.6 Å². The third-order valence-corrected chi connectivity index (χ3v) is 2.83. The van der Waals surface area contributed by atoms with Crippen molar-refractivity contribution in [3.63, 3.8) is 0 Å². The molecular weight excluding hydrogens is 268 g/mol. The molecule has 3 aromatic rings. The number of anilines is 1. The molecule has 104 valence electrons. The lowest BCUT2D eigenvalue weighted by Gasteiger charge is -2.00. The largest absolute Gasteiger partial charge is 0.431 e. The highest BCUT2D eigenvalue weighted by Crippen LogP contribution is 2.21. The van der Waals surface area contributed by atoms with Crippen LogP contribution in [0.3, 0.4) is 0 Å². The lowest BCUT2D eigenvalue weighted by molar-refractivity contribution is 0.0996. The van der Waals surface area contributed by atoms with Gasteiger partial charge in [-0.3, -0.25) is 9.78 Å². The first-order valence-corrected chi connectivity index (χ1v) is 6.34. The quantitative estimate of drug-likeness (QED) is 0.797. The van der Waals surface area contributed by atoms with Gasteiger partial charge in [-0.15, -0.1) is 0 Å². The van der Waals surface area contributed by atoms with E-state index in [1.54, 1.807) is 6.92 Å². The van der Waals surface area contributed by atoms with Crippen molar-refractivity contribution >= 4 is 11.7 Å². The Labute approximate surface area is 120 Å². The summed E-state index contributed by atoms with van der Waals surface area (Å²) in [5, 5.41) is 2.62. The number of aryl methyl sites for hydroxylation is 1. The SMILES string of the molecule is Cc1nc(-c2ccccc2)oc1C(=O)Nc1cnccn1. The van der Waals surface area contributed by atoms with Crippen LogP contribution in [0.1, 0.15) is 16.2 Å². The Bertz CT molecular complexity index is 754. The van der Waals surface area contributed by atoms with Crippen LogP contribution in [0.2, 0.25) is 0 Å². The molecule has 6 heteroatoms. The molecule has 0 aliphatic heterocycles. The maximum atomic E-state index is 12.2. The van der Waals surface area contributed by atoms with Gasteiger partial charge in [0.2, 0.25) is 11.7 Å². The van der Waals surface area contributed by atoms with Crippen molar-refractivity contribution in [2.24, 2.45) is 0 Å². The minimum absolute atomic E-state index is 0.166. The van der Waals surface area contributed by atoms with E-state index in [0.29, 0.717) is 17.4 Å². The second-order valence-electron chi connectivity index (χ2n) is 4.34. The van der Waals surface area contributed by atoms with Crippen LogP contribution in [0.25, 0.3) is 11.5 Å². The first-order chi connectivity index (χ1) is 10.2. The summed E-state index contributed by atoms with van der Waals surface area (Å²) in [7, 11) is 0. The summed E-state index contributed by atoms with van der Waals surface area (Å²) in [6.07, 6.45) is 4.49. The molecule has 2 heterocycles. The standard InChI is InChI=1S/C15H12N4O2/c1-10-13(14(20)19-12-9-16-7-8-17-12)21-15(18-10)11-5-3-2-4-6-11/h2-9H,1H3,(H,17,19,20). The number of amides is 1. The molecule has 0 fully saturated rings. The van der Waals surface area contributed by atoms with E-state index in [9.17, 15) is 4.79 Å². The molecule has 3 rings (SSSR count). The zero-order valence-corrected chi connectivity index (χ0v) is 11.3. The topological polar surface area (TPSA) is 80.9 Å². The monoisotopic (exact) mass is 280 g/mol. The highest BCUT2D eigenvalue weighted by Gasteiger charge is 2.18. The number of nitrogens with one attached hydrogen (secondary N) is 1. The van der Waals surface area contributed by atoms with E-state index in [2.05, 4.69) is 20.3 Å². The molecule has 0 unspecified atom stereocenters. The minimum Gasteiger partial charge on any atom is -0.431 e. The van der Waals surface area contributed by atoms with Crippen molar-refractivity contribution in [1.29, 1.82) is 0 Å². The number of rotatable bonds is 3. The van der Waals surface area contributed by atoms with E-state index in [1.807, 2.05) is 30.3 Å². The van der Waals surface area contributed by atoms with Gasteiger partial charge in [-0.1, -0.05) is 18.2 Å². The number of carbonyl (C=O) groups is 1. The van der Waals surface area contributed by atoms with Gasteiger partial charge < -0.3 is 9.73 Å². The first-order valence-electron chi connectivity index (χ1n) is 6.34. The summed E-state index contributed by atoms with van der Waals surface area (Å²) >= 11 is 0. The molecule has 2 aromatic heterocycles. The highest BCUT2D eigenvalue weighted by molar-refractivity contribution is 6.02. The van der Waals surface area contributed by atoms with Crippen molar-refractivity contribution in [1.82, 2.24) is 15.0 Å². The van der Waals surface area contributed by atoms with Gasteiger partial charge in [0, 0.05) is 18.0 Å². The molecule has 0 atom stereocenters. The zero-order valence-electron chi connectivity index (χ0n) is 11.3. The predicted molar refractivity (Wildman–Crippen MR) is 76.7 cm³/mol. The Hall–Kier alpha value is -3.02. The van der Waals surface area contributed by atoms with E-state index >= 15 is 0 Å². The molecule has 0 saturated heterocycles. The van der Waals surface area contributed by atoms with Crippen LogP contribution >= 0.6 is 0 Å². The Morgan fingerprint density at radius 1 is 1.19 bits per heavy atom. The second kappa shape index (κ2) is 5.54. The van der Waals surface area contributed by atoms with Gasteiger partial charge >= 0.3 is 0 Å². The first kappa shape index (κ1) is 13.0. The summed E-state index contributed by atoms with van der Waals surface area (Å²) in [5.74, 6) is 0.541. The van der Waals surface area contributed by atoms with Gasteiger partial charge in [-0.2, -0.15) is 0 Å². The van der Waals surface area contributed by atoms with Gasteiger partial charge in [0.15, 0.2) is 5.82 Å². The van der Waals surface area contributed by atoms with Crippen LogP contribution in [-0.2, 0) is 0 Å². The van der Waals surface area contributed by atoms with E-state index in [4.69, 9.17) is 4.42 Å². The number of benzene rings is 1. The van der Waals surface area contributed by atoms with E-state index < -0.39 is 5.91 Å². The van der Waals surface area contributed by atoms with Crippen LogP contribution in [0.4, 0.5) is 5.82 Å². The molecular formula is C15H12N4O2. The summed E-state index contributed by atoms with van der Waals surface area (Å²) < 4.78 is 5.56. The van der Waals surface area contributed by atoms with Gasteiger partial charge in [-0.05, 0) is 19.1 Å². The van der Waals surface area contributed by atoms with Crippen molar-refractivity contribution in [3.05, 3.63) is 60.4 Å². The lowest BCUT2D eigenvalue weighted by atomic mass is 10.2.